The van der Waals surface area contributed by atoms with E-state index in [9.17, 15) is 14.4 Å². The first-order valence-electron chi connectivity index (χ1n) is 9.44. The zero-order valence-electron chi connectivity index (χ0n) is 16.1. The molecule has 0 N–H and O–H groups in total. The van der Waals surface area contributed by atoms with Gasteiger partial charge >= 0.3 is 0 Å². The van der Waals surface area contributed by atoms with Gasteiger partial charge in [0, 0.05) is 51.8 Å². The predicted octanol–water partition coefficient (Wildman–Crippen LogP) is 1.10. The lowest BCUT2D eigenvalue weighted by atomic mass is 9.95. The Balaban J connectivity index is 1.65. The van der Waals surface area contributed by atoms with Gasteiger partial charge in [0.15, 0.2) is 0 Å². The molecule has 2 aliphatic rings. The molecule has 0 aliphatic carbocycles. The Labute approximate surface area is 172 Å². The fraction of sp³-hybridized carbons (Fsp3) is 0.400. The maximum atomic E-state index is 13.1. The van der Waals surface area contributed by atoms with Gasteiger partial charge in [-0.15, -0.1) is 0 Å². The molecule has 0 radical (unpaired) electrons. The van der Waals surface area contributed by atoms with E-state index in [2.05, 4.69) is 4.98 Å². The molecular weight excluding hydrogens is 396 g/mol. The molecular formula is C20H21ClN4O4. The minimum atomic E-state index is -0.306. The molecule has 0 unspecified atom stereocenters. The predicted molar refractivity (Wildman–Crippen MR) is 106 cm³/mol. The van der Waals surface area contributed by atoms with Gasteiger partial charge in [-0.25, -0.2) is 0 Å². The number of halogens is 1. The van der Waals surface area contributed by atoms with Gasteiger partial charge in [-0.3, -0.25) is 19.4 Å². The van der Waals surface area contributed by atoms with Crippen LogP contribution in [-0.4, -0.2) is 64.0 Å². The quantitative estimate of drug-likeness (QED) is 0.732. The summed E-state index contributed by atoms with van der Waals surface area (Å²) in [5, 5.41) is 0.397. The summed E-state index contributed by atoms with van der Waals surface area (Å²) >= 11 is 5.95. The number of carbonyl (C=O) groups is 2. The minimum Gasteiger partial charge on any atom is -0.378 e. The monoisotopic (exact) mass is 416 g/mol. The summed E-state index contributed by atoms with van der Waals surface area (Å²) < 4.78 is 6.73. The maximum absolute atomic E-state index is 13.1. The number of aromatic nitrogens is 2. The molecule has 29 heavy (non-hydrogen) atoms. The van der Waals surface area contributed by atoms with E-state index in [1.807, 2.05) is 0 Å². The Bertz CT molecular complexity index is 1030. The van der Waals surface area contributed by atoms with Gasteiger partial charge in [-0.05, 0) is 23.6 Å². The molecule has 2 aromatic heterocycles. The first-order chi connectivity index (χ1) is 14.0. The molecule has 0 aromatic carbocycles. The van der Waals surface area contributed by atoms with E-state index in [-0.39, 0.29) is 22.9 Å². The van der Waals surface area contributed by atoms with E-state index in [4.69, 9.17) is 16.3 Å². The Morgan fingerprint density at radius 1 is 1.10 bits per heavy atom. The van der Waals surface area contributed by atoms with Crippen LogP contribution in [0.2, 0.25) is 5.02 Å². The fourth-order valence-corrected chi connectivity index (χ4v) is 3.99. The van der Waals surface area contributed by atoms with Gasteiger partial charge in [0.25, 0.3) is 17.4 Å². The van der Waals surface area contributed by atoms with Crippen LogP contribution in [0.25, 0.3) is 0 Å². The van der Waals surface area contributed by atoms with E-state index < -0.39 is 0 Å². The molecule has 152 valence electrons. The average molecular weight is 417 g/mol. The number of ether oxygens (including phenoxy) is 1. The highest BCUT2D eigenvalue weighted by atomic mass is 35.5. The van der Waals surface area contributed by atoms with Crippen molar-refractivity contribution in [3.05, 3.63) is 62.3 Å². The third kappa shape index (κ3) is 3.77. The minimum absolute atomic E-state index is 0.180. The number of pyridine rings is 2. The van der Waals surface area contributed by atoms with Crippen molar-refractivity contribution in [2.45, 2.75) is 13.0 Å². The summed E-state index contributed by atoms with van der Waals surface area (Å²) in [5.74, 6) is -0.440. The lowest BCUT2D eigenvalue weighted by Gasteiger charge is -2.32. The number of amides is 2. The van der Waals surface area contributed by atoms with Gasteiger partial charge in [0.1, 0.15) is 5.56 Å². The van der Waals surface area contributed by atoms with E-state index in [0.29, 0.717) is 56.4 Å². The molecule has 4 rings (SSSR count). The molecule has 4 heterocycles. The smallest absolute Gasteiger partial charge is 0.263 e. The molecule has 0 saturated carbocycles. The standard InChI is InChI=1S/C20H21ClN4O4/c1-23-11-14-12-25(18(26)13-8-15(21)10-22-9-13)3-2-16(14)17(19(23)27)20(28)24-4-6-29-7-5-24/h8-11H,2-7,12H2,1H3. The summed E-state index contributed by atoms with van der Waals surface area (Å²) in [5.41, 5.74) is 1.86. The van der Waals surface area contributed by atoms with Crippen molar-refractivity contribution in [2.24, 2.45) is 7.05 Å². The Hall–Kier alpha value is -2.71. The molecule has 9 heteroatoms. The number of nitrogens with zero attached hydrogens (tertiary/aromatic N) is 4. The Kier molecular flexibility index (Phi) is 5.38. The van der Waals surface area contributed by atoms with Gasteiger partial charge in [0.05, 0.1) is 23.8 Å². The van der Waals surface area contributed by atoms with E-state index in [1.54, 1.807) is 29.1 Å². The number of fused-ring (bicyclic) bond motifs is 1. The van der Waals surface area contributed by atoms with E-state index >= 15 is 0 Å². The van der Waals surface area contributed by atoms with Crippen molar-refractivity contribution in [1.82, 2.24) is 19.4 Å². The van der Waals surface area contributed by atoms with Crippen LogP contribution in [-0.2, 0) is 24.8 Å². The topological polar surface area (TPSA) is 84.7 Å². The lowest BCUT2D eigenvalue weighted by Crippen LogP contribution is -2.45. The van der Waals surface area contributed by atoms with Crippen molar-refractivity contribution in [1.29, 1.82) is 0 Å². The average Bonchev–Trinajstić information content (AvgIpc) is 2.74. The first-order valence-corrected chi connectivity index (χ1v) is 9.81. The highest BCUT2D eigenvalue weighted by Gasteiger charge is 2.30. The van der Waals surface area contributed by atoms with Crippen LogP contribution in [0.3, 0.4) is 0 Å². The normalized spacial score (nSPS) is 16.5. The van der Waals surface area contributed by atoms with Crippen molar-refractivity contribution >= 4 is 23.4 Å². The van der Waals surface area contributed by atoms with Crippen LogP contribution in [0.4, 0.5) is 0 Å². The maximum Gasteiger partial charge on any atom is 0.263 e. The molecule has 0 bridgehead atoms. The zero-order valence-corrected chi connectivity index (χ0v) is 16.8. The molecule has 2 amide bonds. The van der Waals surface area contributed by atoms with Crippen LogP contribution < -0.4 is 5.56 Å². The van der Waals surface area contributed by atoms with Crippen LogP contribution >= 0.6 is 11.6 Å². The van der Waals surface area contributed by atoms with Gasteiger partial charge in [0.2, 0.25) is 0 Å². The number of aryl methyl sites for hydroxylation is 1. The third-order valence-electron chi connectivity index (χ3n) is 5.32. The number of hydrogen-bond donors (Lipinski definition) is 0. The van der Waals surface area contributed by atoms with Crippen LogP contribution in [0.5, 0.6) is 0 Å². The third-order valence-corrected chi connectivity index (χ3v) is 5.52. The zero-order chi connectivity index (χ0) is 20.5. The van der Waals surface area contributed by atoms with Crippen molar-refractivity contribution in [3.63, 3.8) is 0 Å². The lowest BCUT2D eigenvalue weighted by molar-refractivity contribution is 0.0300. The largest absolute Gasteiger partial charge is 0.378 e. The first kappa shape index (κ1) is 19.6. The summed E-state index contributed by atoms with van der Waals surface area (Å²) in [4.78, 5) is 46.0. The molecule has 0 atom stereocenters. The summed E-state index contributed by atoms with van der Waals surface area (Å²) in [6, 6.07) is 1.58. The van der Waals surface area contributed by atoms with Crippen LogP contribution in [0.15, 0.2) is 29.5 Å². The summed E-state index contributed by atoms with van der Waals surface area (Å²) in [7, 11) is 1.63. The molecule has 0 spiro atoms. The van der Waals surface area contributed by atoms with Gasteiger partial charge in [-0.1, -0.05) is 11.6 Å². The number of hydrogen-bond acceptors (Lipinski definition) is 5. The van der Waals surface area contributed by atoms with Gasteiger partial charge in [-0.2, -0.15) is 0 Å². The number of rotatable bonds is 2. The van der Waals surface area contributed by atoms with E-state index in [1.165, 1.54) is 17.0 Å². The molecule has 8 nitrogen and oxygen atoms in total. The molecule has 2 aliphatic heterocycles. The van der Waals surface area contributed by atoms with Crippen LogP contribution in [0.1, 0.15) is 31.8 Å². The molecule has 1 fully saturated rings. The number of carbonyl (C=O) groups excluding carboxylic acids is 2. The Morgan fingerprint density at radius 3 is 2.59 bits per heavy atom. The van der Waals surface area contributed by atoms with E-state index in [0.717, 1.165) is 11.1 Å². The summed E-state index contributed by atoms with van der Waals surface area (Å²) in [6.45, 7) is 2.61. The second kappa shape index (κ2) is 7.96. The highest BCUT2D eigenvalue weighted by molar-refractivity contribution is 6.30. The van der Waals surface area contributed by atoms with Crippen molar-refractivity contribution in [3.8, 4) is 0 Å². The second-order valence-electron chi connectivity index (χ2n) is 7.20. The molecule has 1 saturated heterocycles. The summed E-state index contributed by atoms with van der Waals surface area (Å²) in [6.07, 6.45) is 5.11. The fourth-order valence-electron chi connectivity index (χ4n) is 3.82. The second-order valence-corrected chi connectivity index (χ2v) is 7.63. The highest BCUT2D eigenvalue weighted by Crippen LogP contribution is 2.23. The Morgan fingerprint density at radius 2 is 1.86 bits per heavy atom. The molecule has 2 aromatic rings. The van der Waals surface area contributed by atoms with Gasteiger partial charge < -0.3 is 19.1 Å². The van der Waals surface area contributed by atoms with Crippen molar-refractivity contribution < 1.29 is 14.3 Å². The SMILES string of the molecule is Cn1cc2c(c(C(=O)N3CCOCC3)c1=O)CCN(C(=O)c1cncc(Cl)c1)C2. The van der Waals surface area contributed by atoms with Crippen molar-refractivity contribution in [2.75, 3.05) is 32.8 Å². The van der Waals surface area contributed by atoms with Crippen LogP contribution in [0, 0.1) is 0 Å². The number of morpholine rings is 1.